The zero-order chi connectivity index (χ0) is 15.1. The summed E-state index contributed by atoms with van der Waals surface area (Å²) < 4.78 is 5.82. The number of ether oxygens (including phenoxy) is 1. The molecule has 5 heteroatoms. The summed E-state index contributed by atoms with van der Waals surface area (Å²) in [7, 11) is 0. The number of para-hydroxylation sites is 1. The van der Waals surface area contributed by atoms with Crippen LogP contribution in [0.2, 0.25) is 0 Å². The first-order valence-corrected chi connectivity index (χ1v) is 7.64. The van der Waals surface area contributed by atoms with E-state index in [1.54, 1.807) is 0 Å². The molecule has 0 atom stereocenters. The highest BCUT2D eigenvalue weighted by Crippen LogP contribution is 2.16. The van der Waals surface area contributed by atoms with Crippen molar-refractivity contribution in [3.05, 3.63) is 29.8 Å². The first-order valence-electron chi connectivity index (χ1n) is 7.64. The van der Waals surface area contributed by atoms with Crippen molar-refractivity contribution in [2.75, 3.05) is 45.9 Å². The van der Waals surface area contributed by atoms with Crippen molar-refractivity contribution in [1.29, 1.82) is 0 Å². The molecule has 1 aromatic carbocycles. The third-order valence-electron chi connectivity index (χ3n) is 3.75. The van der Waals surface area contributed by atoms with Crippen LogP contribution in [0.5, 0.6) is 5.75 Å². The van der Waals surface area contributed by atoms with Gasteiger partial charge in [-0.1, -0.05) is 18.2 Å². The highest BCUT2D eigenvalue weighted by Gasteiger charge is 2.20. The van der Waals surface area contributed by atoms with E-state index < -0.39 is 0 Å². The van der Waals surface area contributed by atoms with Crippen LogP contribution in [-0.2, 0) is 0 Å². The first kappa shape index (κ1) is 15.6. The fourth-order valence-electron chi connectivity index (χ4n) is 2.44. The lowest BCUT2D eigenvalue weighted by molar-refractivity contribution is 0.126. The fraction of sp³-hybridized carbons (Fsp3) is 0.562. The predicted molar refractivity (Wildman–Crippen MR) is 83.8 cm³/mol. The van der Waals surface area contributed by atoms with Gasteiger partial charge >= 0.3 is 6.03 Å². The van der Waals surface area contributed by atoms with Crippen molar-refractivity contribution in [3.63, 3.8) is 0 Å². The molecule has 1 aliphatic rings. The second-order valence-corrected chi connectivity index (χ2v) is 5.28. The Morgan fingerprint density at radius 3 is 2.62 bits per heavy atom. The normalized spacial score (nSPS) is 15.8. The molecule has 21 heavy (non-hydrogen) atoms. The fourth-order valence-corrected chi connectivity index (χ4v) is 2.44. The molecule has 2 rings (SSSR count). The van der Waals surface area contributed by atoms with Crippen LogP contribution < -0.4 is 10.1 Å². The number of hydrogen-bond donors (Lipinski definition) is 1. The molecule has 1 saturated heterocycles. The summed E-state index contributed by atoms with van der Waals surface area (Å²) in [6.45, 7) is 9.67. The Morgan fingerprint density at radius 1 is 1.24 bits per heavy atom. The Bertz CT molecular complexity index is 457. The van der Waals surface area contributed by atoms with Crippen molar-refractivity contribution in [1.82, 2.24) is 15.1 Å². The number of carbonyl (C=O) groups excluding carboxylic acids is 1. The van der Waals surface area contributed by atoms with Gasteiger partial charge in [0.15, 0.2) is 0 Å². The van der Waals surface area contributed by atoms with Crippen LogP contribution >= 0.6 is 0 Å². The van der Waals surface area contributed by atoms with Gasteiger partial charge in [-0.2, -0.15) is 0 Å². The summed E-state index contributed by atoms with van der Waals surface area (Å²) in [4.78, 5) is 15.9. The van der Waals surface area contributed by atoms with Crippen molar-refractivity contribution in [2.24, 2.45) is 0 Å². The highest BCUT2D eigenvalue weighted by atomic mass is 16.5. The second kappa shape index (κ2) is 7.88. The van der Waals surface area contributed by atoms with Gasteiger partial charge in [-0.3, -0.25) is 4.90 Å². The Labute approximate surface area is 126 Å². The lowest BCUT2D eigenvalue weighted by Crippen LogP contribution is -2.52. The smallest absolute Gasteiger partial charge is 0.317 e. The van der Waals surface area contributed by atoms with Crippen molar-refractivity contribution < 1.29 is 9.53 Å². The molecule has 0 saturated carbocycles. The topological polar surface area (TPSA) is 44.8 Å². The van der Waals surface area contributed by atoms with Gasteiger partial charge in [0.2, 0.25) is 0 Å². The average molecular weight is 291 g/mol. The minimum absolute atomic E-state index is 0.0494. The SMILES string of the molecule is CCNC(=O)N1CCN(CCOc2ccccc2C)CC1. The number of nitrogens with zero attached hydrogens (tertiary/aromatic N) is 2. The number of amides is 2. The lowest BCUT2D eigenvalue weighted by atomic mass is 10.2. The molecule has 0 radical (unpaired) electrons. The average Bonchev–Trinajstić information content (AvgIpc) is 2.50. The van der Waals surface area contributed by atoms with Gasteiger partial charge in [-0.25, -0.2) is 4.79 Å². The molecule has 1 aliphatic heterocycles. The number of piperazine rings is 1. The molecule has 1 aromatic rings. The number of carbonyl (C=O) groups is 1. The summed E-state index contributed by atoms with van der Waals surface area (Å²) in [5, 5.41) is 2.84. The molecular formula is C16H25N3O2. The molecule has 0 unspecified atom stereocenters. The highest BCUT2D eigenvalue weighted by molar-refractivity contribution is 5.74. The third-order valence-corrected chi connectivity index (χ3v) is 3.75. The molecule has 0 aromatic heterocycles. The summed E-state index contributed by atoms with van der Waals surface area (Å²) in [6.07, 6.45) is 0. The quantitative estimate of drug-likeness (QED) is 0.898. The van der Waals surface area contributed by atoms with E-state index in [4.69, 9.17) is 4.74 Å². The molecule has 0 bridgehead atoms. The maximum Gasteiger partial charge on any atom is 0.317 e. The van der Waals surface area contributed by atoms with E-state index >= 15 is 0 Å². The van der Waals surface area contributed by atoms with E-state index in [1.165, 1.54) is 5.56 Å². The zero-order valence-corrected chi connectivity index (χ0v) is 13.0. The van der Waals surface area contributed by atoms with E-state index in [0.717, 1.165) is 38.5 Å². The zero-order valence-electron chi connectivity index (χ0n) is 13.0. The largest absolute Gasteiger partial charge is 0.492 e. The molecule has 5 nitrogen and oxygen atoms in total. The summed E-state index contributed by atoms with van der Waals surface area (Å²) in [6, 6.07) is 8.12. The van der Waals surface area contributed by atoms with Crippen LogP contribution in [-0.4, -0.2) is 61.7 Å². The molecule has 1 fully saturated rings. The minimum Gasteiger partial charge on any atom is -0.492 e. The number of urea groups is 1. The standard InChI is InChI=1S/C16H25N3O2/c1-3-17-16(20)19-10-8-18(9-11-19)12-13-21-15-7-5-4-6-14(15)2/h4-7H,3,8-13H2,1-2H3,(H,17,20). The van der Waals surface area contributed by atoms with Gasteiger partial charge in [0, 0.05) is 39.3 Å². The van der Waals surface area contributed by atoms with E-state index in [1.807, 2.05) is 30.0 Å². The van der Waals surface area contributed by atoms with Crippen LogP contribution in [0.25, 0.3) is 0 Å². The summed E-state index contributed by atoms with van der Waals surface area (Å²) >= 11 is 0. The Hall–Kier alpha value is -1.75. The van der Waals surface area contributed by atoms with Crippen molar-refractivity contribution in [2.45, 2.75) is 13.8 Å². The van der Waals surface area contributed by atoms with E-state index in [-0.39, 0.29) is 6.03 Å². The van der Waals surface area contributed by atoms with Crippen molar-refractivity contribution in [3.8, 4) is 5.75 Å². The molecule has 0 spiro atoms. The first-order chi connectivity index (χ1) is 10.2. The number of benzene rings is 1. The minimum atomic E-state index is 0.0494. The number of rotatable bonds is 5. The van der Waals surface area contributed by atoms with E-state index in [9.17, 15) is 4.79 Å². The van der Waals surface area contributed by atoms with Gasteiger partial charge in [0.1, 0.15) is 12.4 Å². The van der Waals surface area contributed by atoms with Gasteiger partial charge in [0.25, 0.3) is 0 Å². The van der Waals surface area contributed by atoms with Gasteiger partial charge in [-0.05, 0) is 25.5 Å². The third kappa shape index (κ3) is 4.63. The second-order valence-electron chi connectivity index (χ2n) is 5.28. The number of hydrogen-bond acceptors (Lipinski definition) is 3. The van der Waals surface area contributed by atoms with Crippen LogP contribution in [0, 0.1) is 6.92 Å². The lowest BCUT2D eigenvalue weighted by Gasteiger charge is -2.34. The van der Waals surface area contributed by atoms with Gasteiger partial charge in [0.05, 0.1) is 0 Å². The van der Waals surface area contributed by atoms with Crippen LogP contribution in [0.1, 0.15) is 12.5 Å². The Balaban J connectivity index is 1.67. The van der Waals surface area contributed by atoms with E-state index in [2.05, 4.69) is 23.2 Å². The van der Waals surface area contributed by atoms with Crippen LogP contribution in [0.3, 0.4) is 0 Å². The predicted octanol–water partition coefficient (Wildman–Crippen LogP) is 1.72. The molecular weight excluding hydrogens is 266 g/mol. The van der Waals surface area contributed by atoms with Gasteiger partial charge < -0.3 is 15.0 Å². The maximum absolute atomic E-state index is 11.7. The van der Waals surface area contributed by atoms with E-state index in [0.29, 0.717) is 13.2 Å². The van der Waals surface area contributed by atoms with Crippen LogP contribution in [0.15, 0.2) is 24.3 Å². The molecule has 116 valence electrons. The van der Waals surface area contributed by atoms with Crippen molar-refractivity contribution >= 4 is 6.03 Å². The van der Waals surface area contributed by atoms with Crippen LogP contribution in [0.4, 0.5) is 4.79 Å². The molecule has 2 amide bonds. The molecule has 1 N–H and O–H groups in total. The number of aryl methyl sites for hydroxylation is 1. The number of nitrogens with one attached hydrogen (secondary N) is 1. The Kier molecular flexibility index (Phi) is 5.87. The van der Waals surface area contributed by atoms with Gasteiger partial charge in [-0.15, -0.1) is 0 Å². The summed E-state index contributed by atoms with van der Waals surface area (Å²) in [5.74, 6) is 0.957. The molecule has 0 aliphatic carbocycles. The monoisotopic (exact) mass is 291 g/mol. The maximum atomic E-state index is 11.7. The Morgan fingerprint density at radius 2 is 1.95 bits per heavy atom. The summed E-state index contributed by atoms with van der Waals surface area (Å²) in [5.41, 5.74) is 1.17. The molecule has 1 heterocycles.